The Morgan fingerprint density at radius 3 is 1.11 bits per heavy atom. The van der Waals surface area contributed by atoms with Gasteiger partial charge in [0.15, 0.2) is 0 Å². The molecule has 414 valence electrons. The highest BCUT2D eigenvalue weighted by Gasteiger charge is 2.20. The van der Waals surface area contributed by atoms with Crippen LogP contribution in [0.15, 0.2) is 24.3 Å². The summed E-state index contributed by atoms with van der Waals surface area (Å²) in [5.74, 6) is -0.0349. The maximum absolute atomic E-state index is 12.5. The van der Waals surface area contributed by atoms with Gasteiger partial charge in [0.1, 0.15) is 0 Å². The van der Waals surface area contributed by atoms with E-state index in [1.807, 2.05) is 0 Å². The van der Waals surface area contributed by atoms with Crippen LogP contribution in [0.2, 0.25) is 0 Å². The van der Waals surface area contributed by atoms with Crippen LogP contribution in [0, 0.1) is 0 Å². The van der Waals surface area contributed by atoms with E-state index < -0.39 is 12.1 Å². The Balaban J connectivity index is 3.39. The van der Waals surface area contributed by atoms with Gasteiger partial charge in [-0.05, 0) is 57.8 Å². The number of aliphatic hydroxyl groups excluding tert-OH is 2. The smallest absolute Gasteiger partial charge is 0.305 e. The van der Waals surface area contributed by atoms with E-state index in [9.17, 15) is 19.8 Å². The third-order valence-corrected chi connectivity index (χ3v) is 14.8. The molecule has 70 heavy (non-hydrogen) atoms. The molecule has 0 aromatic rings. The average molecular weight is 987 g/mol. The van der Waals surface area contributed by atoms with Crippen molar-refractivity contribution in [3.63, 3.8) is 0 Å². The number of hydrogen-bond donors (Lipinski definition) is 3. The van der Waals surface area contributed by atoms with Gasteiger partial charge in [-0.15, -0.1) is 0 Å². The predicted molar refractivity (Wildman–Crippen MR) is 306 cm³/mol. The topological polar surface area (TPSA) is 95.9 Å². The summed E-state index contributed by atoms with van der Waals surface area (Å²) in [6, 6.07) is -0.542. The maximum atomic E-state index is 12.5. The van der Waals surface area contributed by atoms with Gasteiger partial charge in [-0.3, -0.25) is 9.59 Å². The van der Waals surface area contributed by atoms with Gasteiger partial charge in [0, 0.05) is 12.8 Å². The zero-order valence-electron chi connectivity index (χ0n) is 47.3. The minimum atomic E-state index is -0.665. The number of carbonyl (C=O) groups excluding carboxylic acids is 2. The van der Waals surface area contributed by atoms with Gasteiger partial charge in [-0.1, -0.05) is 301 Å². The molecule has 3 N–H and O–H groups in total. The Morgan fingerprint density at radius 2 is 0.714 bits per heavy atom. The quantitative estimate of drug-likeness (QED) is 0.0321. The van der Waals surface area contributed by atoms with Crippen molar-refractivity contribution in [2.75, 3.05) is 13.2 Å². The predicted octanol–water partition coefficient (Wildman–Crippen LogP) is 19.8. The molecule has 2 unspecified atom stereocenters. The molecular formula is C64H123NO5. The highest BCUT2D eigenvalue weighted by atomic mass is 16.5. The van der Waals surface area contributed by atoms with Crippen molar-refractivity contribution in [3.8, 4) is 0 Å². The van der Waals surface area contributed by atoms with Gasteiger partial charge < -0.3 is 20.3 Å². The Morgan fingerprint density at radius 1 is 0.400 bits per heavy atom. The molecular weight excluding hydrogens is 863 g/mol. The van der Waals surface area contributed by atoms with Gasteiger partial charge in [0.25, 0.3) is 0 Å². The number of hydrogen-bond acceptors (Lipinski definition) is 5. The summed E-state index contributed by atoms with van der Waals surface area (Å²) in [6.07, 6.45) is 73.3. The number of ether oxygens (including phenoxy) is 1. The van der Waals surface area contributed by atoms with Crippen LogP contribution in [-0.2, 0) is 14.3 Å². The third-order valence-electron chi connectivity index (χ3n) is 14.8. The van der Waals surface area contributed by atoms with Crippen molar-refractivity contribution >= 4 is 11.9 Å². The van der Waals surface area contributed by atoms with Crippen LogP contribution >= 0.6 is 0 Å². The number of amides is 1. The highest BCUT2D eigenvalue weighted by molar-refractivity contribution is 5.76. The molecule has 0 fully saturated rings. The molecule has 0 saturated heterocycles. The number of aliphatic hydroxyl groups is 2. The van der Waals surface area contributed by atoms with E-state index in [1.54, 1.807) is 0 Å². The Kier molecular flexibility index (Phi) is 58.5. The van der Waals surface area contributed by atoms with Crippen molar-refractivity contribution in [2.24, 2.45) is 0 Å². The molecule has 0 aromatic heterocycles. The summed E-state index contributed by atoms with van der Waals surface area (Å²) in [6.45, 7) is 4.94. The number of carbonyl (C=O) groups is 2. The summed E-state index contributed by atoms with van der Waals surface area (Å²) in [5.41, 5.74) is 0. The lowest BCUT2D eigenvalue weighted by molar-refractivity contribution is -0.143. The van der Waals surface area contributed by atoms with E-state index >= 15 is 0 Å². The van der Waals surface area contributed by atoms with Crippen LogP contribution in [-0.4, -0.2) is 47.4 Å². The lowest BCUT2D eigenvalue weighted by Crippen LogP contribution is -2.45. The first-order valence-corrected chi connectivity index (χ1v) is 31.6. The second-order valence-corrected chi connectivity index (χ2v) is 21.7. The fourth-order valence-corrected chi connectivity index (χ4v) is 9.91. The van der Waals surface area contributed by atoms with E-state index in [1.165, 1.54) is 263 Å². The average Bonchev–Trinajstić information content (AvgIpc) is 3.36. The number of nitrogens with one attached hydrogen (secondary N) is 1. The molecule has 0 bridgehead atoms. The van der Waals surface area contributed by atoms with E-state index in [2.05, 4.69) is 43.5 Å². The molecule has 2 atom stereocenters. The molecule has 0 rings (SSSR count). The zero-order valence-corrected chi connectivity index (χ0v) is 47.3. The minimum Gasteiger partial charge on any atom is -0.466 e. The first-order valence-electron chi connectivity index (χ1n) is 31.6. The SMILES string of the molecule is CCCCC/C=C\C/C=C\CCCCCCCC(=O)OCCCCCCCCCCCCCCCCCCCCCCCC(=O)NC(CO)C(O)CCCCCCCCCCCCCCCCCCC. The Bertz CT molecular complexity index is 1090. The second-order valence-electron chi connectivity index (χ2n) is 21.7. The molecule has 1 amide bonds. The number of rotatable bonds is 59. The standard InChI is InChI=1S/C64H123NO5/c1-3-5-7-9-11-13-15-17-19-25-29-32-36-40-44-48-52-56-62(67)61(60-66)65-63(68)57-53-49-45-41-37-33-30-26-23-21-20-22-24-27-31-35-39-43-47-51-55-59-70-64(69)58-54-50-46-42-38-34-28-18-16-14-12-10-8-6-4-2/h12,14,18,28,61-62,66-67H,3-11,13,15-17,19-27,29-60H2,1-2H3,(H,65,68)/b14-12-,28-18-. The summed E-state index contributed by atoms with van der Waals surface area (Å²) in [7, 11) is 0. The number of unbranched alkanes of at least 4 members (excludes halogenated alkanes) is 44. The first-order chi connectivity index (χ1) is 34.5. The second kappa shape index (κ2) is 59.9. The summed E-state index contributed by atoms with van der Waals surface area (Å²) < 4.78 is 5.48. The lowest BCUT2D eigenvalue weighted by Gasteiger charge is -2.22. The number of esters is 1. The Hall–Kier alpha value is -1.66. The Labute approximate surface area is 437 Å². The van der Waals surface area contributed by atoms with Crippen LogP contribution in [0.4, 0.5) is 0 Å². The van der Waals surface area contributed by atoms with E-state index in [-0.39, 0.29) is 18.5 Å². The monoisotopic (exact) mass is 986 g/mol. The summed E-state index contributed by atoms with van der Waals surface area (Å²) in [4.78, 5) is 24.6. The number of allylic oxidation sites excluding steroid dienone is 4. The third kappa shape index (κ3) is 55.7. The van der Waals surface area contributed by atoms with E-state index in [0.29, 0.717) is 25.9 Å². The van der Waals surface area contributed by atoms with Gasteiger partial charge in [0.2, 0.25) is 5.91 Å². The molecule has 6 heteroatoms. The normalized spacial score (nSPS) is 12.7. The van der Waals surface area contributed by atoms with E-state index in [4.69, 9.17) is 4.74 Å². The van der Waals surface area contributed by atoms with Crippen LogP contribution in [0.1, 0.15) is 348 Å². The van der Waals surface area contributed by atoms with Crippen molar-refractivity contribution < 1.29 is 24.5 Å². The highest BCUT2D eigenvalue weighted by Crippen LogP contribution is 2.18. The van der Waals surface area contributed by atoms with Gasteiger partial charge in [-0.2, -0.15) is 0 Å². The zero-order chi connectivity index (χ0) is 50.7. The van der Waals surface area contributed by atoms with Crippen LogP contribution in [0.3, 0.4) is 0 Å². The fraction of sp³-hybridized carbons (Fsp3) is 0.906. The summed E-state index contributed by atoms with van der Waals surface area (Å²) in [5, 5.41) is 23.3. The largest absolute Gasteiger partial charge is 0.466 e. The molecule has 0 aliphatic heterocycles. The van der Waals surface area contributed by atoms with E-state index in [0.717, 1.165) is 51.4 Å². The molecule has 0 radical (unpaired) electrons. The van der Waals surface area contributed by atoms with Crippen LogP contribution in [0.5, 0.6) is 0 Å². The van der Waals surface area contributed by atoms with Crippen molar-refractivity contribution in [3.05, 3.63) is 24.3 Å². The van der Waals surface area contributed by atoms with Gasteiger partial charge in [-0.25, -0.2) is 0 Å². The molecule has 0 aliphatic carbocycles. The minimum absolute atomic E-state index is 0.00145. The van der Waals surface area contributed by atoms with Crippen LogP contribution in [0.25, 0.3) is 0 Å². The van der Waals surface area contributed by atoms with Crippen LogP contribution < -0.4 is 5.32 Å². The molecule has 0 heterocycles. The van der Waals surface area contributed by atoms with Crippen molar-refractivity contribution in [1.82, 2.24) is 5.32 Å². The van der Waals surface area contributed by atoms with Crippen molar-refractivity contribution in [1.29, 1.82) is 0 Å². The lowest BCUT2D eigenvalue weighted by atomic mass is 10.0. The van der Waals surface area contributed by atoms with Gasteiger partial charge in [0.05, 0.1) is 25.4 Å². The summed E-state index contributed by atoms with van der Waals surface area (Å²) >= 11 is 0. The molecule has 0 aliphatic rings. The molecule has 0 saturated carbocycles. The first kappa shape index (κ1) is 68.3. The van der Waals surface area contributed by atoms with Gasteiger partial charge >= 0.3 is 5.97 Å². The van der Waals surface area contributed by atoms with Crippen molar-refractivity contribution in [2.45, 2.75) is 360 Å². The molecule has 6 nitrogen and oxygen atoms in total. The fourth-order valence-electron chi connectivity index (χ4n) is 9.91. The molecule has 0 spiro atoms. The molecule has 0 aromatic carbocycles. The maximum Gasteiger partial charge on any atom is 0.305 e.